The fraction of sp³-hybridized carbons (Fsp3) is 0.385. The van der Waals surface area contributed by atoms with Crippen LogP contribution in [0, 0.1) is 13.8 Å². The van der Waals surface area contributed by atoms with Gasteiger partial charge in [0.05, 0.1) is 19.6 Å². The molecule has 2 N–H and O–H groups in total. The topological polar surface area (TPSA) is 74.2 Å². The van der Waals surface area contributed by atoms with Crippen molar-refractivity contribution in [1.29, 1.82) is 0 Å². The van der Waals surface area contributed by atoms with Crippen molar-refractivity contribution in [2.24, 2.45) is 5.73 Å². The summed E-state index contributed by atoms with van der Waals surface area (Å²) >= 11 is 0. The molecule has 2 rings (SSSR count). The molecule has 18 heavy (non-hydrogen) atoms. The molecule has 0 unspecified atom stereocenters. The first kappa shape index (κ1) is 12.6. The first-order valence-corrected chi connectivity index (χ1v) is 5.90. The lowest BCUT2D eigenvalue weighted by Gasteiger charge is -2.08. The molecule has 0 bridgehead atoms. The number of rotatable bonds is 5. The van der Waals surface area contributed by atoms with E-state index < -0.39 is 0 Å². The van der Waals surface area contributed by atoms with Crippen LogP contribution < -0.4 is 10.5 Å². The lowest BCUT2D eigenvalue weighted by Crippen LogP contribution is -2.03. The third-order valence-corrected chi connectivity index (χ3v) is 2.60. The second kappa shape index (κ2) is 5.64. The molecule has 0 radical (unpaired) electrons. The third kappa shape index (κ3) is 3.07. The van der Waals surface area contributed by atoms with Gasteiger partial charge >= 0.3 is 0 Å². The van der Waals surface area contributed by atoms with Crippen LogP contribution in [-0.2, 0) is 13.0 Å². The van der Waals surface area contributed by atoms with Crippen molar-refractivity contribution in [1.82, 2.24) is 10.2 Å². The highest BCUT2D eigenvalue weighted by atomic mass is 16.5. The Labute approximate surface area is 106 Å². The molecule has 2 aromatic rings. The number of ether oxygens (including phenoxy) is 1. The van der Waals surface area contributed by atoms with E-state index in [1.54, 1.807) is 0 Å². The number of benzene rings is 1. The van der Waals surface area contributed by atoms with Crippen molar-refractivity contribution in [2.75, 3.05) is 6.61 Å². The highest BCUT2D eigenvalue weighted by Crippen LogP contribution is 2.19. The number of hydrogen-bond acceptors (Lipinski definition) is 5. The maximum absolute atomic E-state index is 5.71. The van der Waals surface area contributed by atoms with Crippen LogP contribution in [0.1, 0.15) is 22.9 Å². The highest BCUT2D eigenvalue weighted by Gasteiger charge is 2.05. The molecular weight excluding hydrogens is 230 g/mol. The van der Waals surface area contributed by atoms with Crippen LogP contribution in [-0.4, -0.2) is 16.8 Å². The van der Waals surface area contributed by atoms with Crippen LogP contribution in [0.2, 0.25) is 0 Å². The van der Waals surface area contributed by atoms with Crippen LogP contribution >= 0.6 is 0 Å². The molecule has 0 saturated heterocycles. The van der Waals surface area contributed by atoms with Gasteiger partial charge in [-0.05, 0) is 31.0 Å². The van der Waals surface area contributed by atoms with Gasteiger partial charge in [-0.15, -0.1) is 10.2 Å². The van der Waals surface area contributed by atoms with Gasteiger partial charge < -0.3 is 14.9 Å². The molecular formula is C13H17N3O2. The Morgan fingerprint density at radius 2 is 2.00 bits per heavy atom. The van der Waals surface area contributed by atoms with Crippen LogP contribution in [0.5, 0.6) is 5.75 Å². The second-order valence-electron chi connectivity index (χ2n) is 4.16. The number of nitrogens with zero attached hydrogens (tertiary/aromatic N) is 2. The van der Waals surface area contributed by atoms with E-state index in [0.717, 1.165) is 11.3 Å². The second-order valence-corrected chi connectivity index (χ2v) is 4.16. The molecule has 0 amide bonds. The van der Waals surface area contributed by atoms with Crippen molar-refractivity contribution in [3.8, 4) is 5.75 Å². The first-order chi connectivity index (χ1) is 8.69. The SMILES string of the molecule is Cc1ccc(C)c(OCCc2nnc(CN)o2)c1. The summed E-state index contributed by atoms with van der Waals surface area (Å²) < 4.78 is 11.0. The third-order valence-electron chi connectivity index (χ3n) is 2.60. The molecule has 1 heterocycles. The number of hydrogen-bond donors (Lipinski definition) is 1. The molecule has 0 saturated carbocycles. The van der Waals surface area contributed by atoms with Gasteiger partial charge in [0.1, 0.15) is 5.75 Å². The molecule has 5 nitrogen and oxygen atoms in total. The number of aryl methyl sites for hydroxylation is 2. The van der Waals surface area contributed by atoms with Crippen LogP contribution in [0.25, 0.3) is 0 Å². The zero-order chi connectivity index (χ0) is 13.0. The van der Waals surface area contributed by atoms with Crippen LogP contribution in [0.15, 0.2) is 22.6 Å². The fourth-order valence-electron chi connectivity index (χ4n) is 1.58. The zero-order valence-corrected chi connectivity index (χ0v) is 10.6. The zero-order valence-electron chi connectivity index (χ0n) is 10.6. The predicted molar refractivity (Wildman–Crippen MR) is 67.3 cm³/mol. The minimum atomic E-state index is 0.269. The van der Waals surface area contributed by atoms with E-state index in [-0.39, 0.29) is 6.54 Å². The minimum absolute atomic E-state index is 0.269. The van der Waals surface area contributed by atoms with Crippen molar-refractivity contribution in [2.45, 2.75) is 26.8 Å². The van der Waals surface area contributed by atoms with Gasteiger partial charge in [-0.2, -0.15) is 0 Å². The molecule has 5 heteroatoms. The van der Waals surface area contributed by atoms with Gasteiger partial charge in [-0.25, -0.2) is 0 Å². The average Bonchev–Trinajstić information content (AvgIpc) is 2.81. The molecule has 0 atom stereocenters. The summed E-state index contributed by atoms with van der Waals surface area (Å²) in [6, 6.07) is 6.13. The summed E-state index contributed by atoms with van der Waals surface area (Å²) in [5.41, 5.74) is 7.69. The van der Waals surface area contributed by atoms with Gasteiger partial charge in [0.2, 0.25) is 11.8 Å². The van der Waals surface area contributed by atoms with Crippen LogP contribution in [0.3, 0.4) is 0 Å². The van der Waals surface area contributed by atoms with Gasteiger partial charge in [-0.3, -0.25) is 0 Å². The summed E-state index contributed by atoms with van der Waals surface area (Å²) in [5, 5.41) is 7.68. The summed E-state index contributed by atoms with van der Waals surface area (Å²) in [7, 11) is 0. The standard InChI is InChI=1S/C13H17N3O2/c1-9-3-4-10(2)11(7-9)17-6-5-12-15-16-13(8-14)18-12/h3-4,7H,5-6,8,14H2,1-2H3. The smallest absolute Gasteiger partial charge is 0.230 e. The minimum Gasteiger partial charge on any atom is -0.493 e. The lowest BCUT2D eigenvalue weighted by molar-refractivity contribution is 0.302. The Bertz CT molecular complexity index is 523. The van der Waals surface area contributed by atoms with Crippen molar-refractivity contribution in [3.05, 3.63) is 41.1 Å². The molecule has 0 aliphatic heterocycles. The first-order valence-electron chi connectivity index (χ1n) is 5.90. The Morgan fingerprint density at radius 3 is 2.72 bits per heavy atom. The number of aromatic nitrogens is 2. The largest absolute Gasteiger partial charge is 0.493 e. The van der Waals surface area contributed by atoms with E-state index in [4.69, 9.17) is 14.9 Å². The van der Waals surface area contributed by atoms with E-state index >= 15 is 0 Å². The molecule has 0 fully saturated rings. The normalized spacial score (nSPS) is 10.6. The number of nitrogens with two attached hydrogens (primary N) is 1. The van der Waals surface area contributed by atoms with Crippen molar-refractivity contribution < 1.29 is 9.15 Å². The molecule has 0 aliphatic rings. The van der Waals surface area contributed by atoms with E-state index in [9.17, 15) is 0 Å². The molecule has 1 aromatic carbocycles. The Balaban J connectivity index is 1.90. The molecule has 1 aromatic heterocycles. The Morgan fingerprint density at radius 1 is 1.22 bits per heavy atom. The molecule has 0 aliphatic carbocycles. The summed E-state index contributed by atoms with van der Waals surface area (Å²) in [6.45, 7) is 4.84. The Kier molecular flexibility index (Phi) is 3.94. The van der Waals surface area contributed by atoms with E-state index in [0.29, 0.717) is 24.8 Å². The van der Waals surface area contributed by atoms with Gasteiger partial charge in [-0.1, -0.05) is 12.1 Å². The fourth-order valence-corrected chi connectivity index (χ4v) is 1.58. The van der Waals surface area contributed by atoms with Crippen LogP contribution in [0.4, 0.5) is 0 Å². The quantitative estimate of drug-likeness (QED) is 0.871. The Hall–Kier alpha value is -1.88. The summed E-state index contributed by atoms with van der Waals surface area (Å²) in [5.74, 6) is 1.91. The molecule has 0 spiro atoms. The maximum Gasteiger partial charge on any atom is 0.230 e. The van der Waals surface area contributed by atoms with E-state index in [1.807, 2.05) is 26.0 Å². The predicted octanol–water partition coefficient (Wildman–Crippen LogP) is 1.77. The van der Waals surface area contributed by atoms with Gasteiger partial charge in [0, 0.05) is 0 Å². The van der Waals surface area contributed by atoms with Crippen molar-refractivity contribution in [3.63, 3.8) is 0 Å². The highest BCUT2D eigenvalue weighted by molar-refractivity contribution is 5.35. The van der Waals surface area contributed by atoms with E-state index in [2.05, 4.69) is 16.3 Å². The van der Waals surface area contributed by atoms with Gasteiger partial charge in [0.15, 0.2) is 0 Å². The lowest BCUT2D eigenvalue weighted by atomic mass is 10.1. The van der Waals surface area contributed by atoms with Crippen molar-refractivity contribution >= 4 is 0 Å². The summed E-state index contributed by atoms with van der Waals surface area (Å²) in [6.07, 6.45) is 0.584. The maximum atomic E-state index is 5.71. The monoisotopic (exact) mass is 247 g/mol. The van der Waals surface area contributed by atoms with Gasteiger partial charge in [0.25, 0.3) is 0 Å². The van der Waals surface area contributed by atoms with E-state index in [1.165, 1.54) is 5.56 Å². The molecule has 96 valence electrons. The average molecular weight is 247 g/mol. The summed E-state index contributed by atoms with van der Waals surface area (Å²) in [4.78, 5) is 0.